The van der Waals surface area contributed by atoms with Crippen LogP contribution in [0.4, 0.5) is 5.69 Å². The molecule has 1 atom stereocenters. The van der Waals surface area contributed by atoms with Crippen LogP contribution in [-0.4, -0.2) is 22.0 Å². The van der Waals surface area contributed by atoms with Gasteiger partial charge in [-0.05, 0) is 50.6 Å². The van der Waals surface area contributed by atoms with Crippen LogP contribution in [0, 0.1) is 20.8 Å². The molecule has 0 unspecified atom stereocenters. The molecule has 0 saturated heterocycles. The third kappa shape index (κ3) is 2.43. The summed E-state index contributed by atoms with van der Waals surface area (Å²) in [4.78, 5) is 0. The van der Waals surface area contributed by atoms with Gasteiger partial charge in [0, 0.05) is 22.9 Å². The number of benzene rings is 2. The monoisotopic (exact) mass is 335 g/mol. The van der Waals surface area contributed by atoms with Gasteiger partial charge < -0.3 is 15.2 Å². The number of phenols is 1. The van der Waals surface area contributed by atoms with Crippen LogP contribution in [0.3, 0.4) is 0 Å². The number of aromatic nitrogens is 2. The van der Waals surface area contributed by atoms with Gasteiger partial charge in [0.05, 0.1) is 18.5 Å². The van der Waals surface area contributed by atoms with Crippen molar-refractivity contribution in [2.75, 3.05) is 12.4 Å². The minimum absolute atomic E-state index is 0.181. The highest BCUT2D eigenvalue weighted by Gasteiger charge is 2.29. The molecule has 3 aromatic rings. The quantitative estimate of drug-likeness (QED) is 0.738. The van der Waals surface area contributed by atoms with Crippen LogP contribution in [0.1, 0.15) is 28.6 Å². The molecule has 2 aromatic carbocycles. The summed E-state index contributed by atoms with van der Waals surface area (Å²) in [5.74, 6) is 0.810. The second kappa shape index (κ2) is 5.55. The highest BCUT2D eigenvalue weighted by molar-refractivity contribution is 5.82. The van der Waals surface area contributed by atoms with Gasteiger partial charge in [0.2, 0.25) is 0 Å². The lowest BCUT2D eigenvalue weighted by molar-refractivity contribution is 0.395. The van der Waals surface area contributed by atoms with Crippen molar-refractivity contribution in [3.8, 4) is 22.8 Å². The van der Waals surface area contributed by atoms with E-state index in [1.165, 1.54) is 11.1 Å². The zero-order chi connectivity index (χ0) is 17.7. The van der Waals surface area contributed by atoms with Crippen molar-refractivity contribution in [2.45, 2.75) is 26.9 Å². The molecule has 5 nitrogen and oxygen atoms in total. The number of nitrogens with zero attached hydrogens (tertiary/aromatic N) is 2. The lowest BCUT2D eigenvalue weighted by Crippen LogP contribution is -2.26. The van der Waals surface area contributed by atoms with E-state index in [0.29, 0.717) is 5.75 Å². The van der Waals surface area contributed by atoms with E-state index in [0.717, 1.165) is 28.2 Å². The summed E-state index contributed by atoms with van der Waals surface area (Å²) in [6, 6.07) is 11.7. The average molecular weight is 335 g/mol. The Bertz CT molecular complexity index is 975. The molecule has 0 amide bonds. The number of hydrogen-bond acceptors (Lipinski definition) is 4. The van der Waals surface area contributed by atoms with Gasteiger partial charge in [-0.1, -0.05) is 11.6 Å². The van der Waals surface area contributed by atoms with Crippen LogP contribution >= 0.6 is 0 Å². The Balaban J connectivity index is 1.95. The van der Waals surface area contributed by atoms with E-state index in [-0.39, 0.29) is 11.9 Å². The fraction of sp³-hybridized carbons (Fsp3) is 0.250. The number of anilines is 1. The number of ether oxygens (including phenoxy) is 1. The molecule has 25 heavy (non-hydrogen) atoms. The Morgan fingerprint density at radius 2 is 1.92 bits per heavy atom. The third-order valence-corrected chi connectivity index (χ3v) is 4.65. The molecule has 0 radical (unpaired) electrons. The first kappa shape index (κ1) is 15.6. The lowest BCUT2D eigenvalue weighted by atomic mass is 9.98. The molecule has 0 saturated carbocycles. The normalized spacial score (nSPS) is 15.3. The molecular formula is C20H21N3O2. The minimum Gasteiger partial charge on any atom is -0.508 e. The zero-order valence-corrected chi connectivity index (χ0v) is 14.8. The van der Waals surface area contributed by atoms with Gasteiger partial charge in [-0.25, -0.2) is 4.68 Å². The molecule has 0 fully saturated rings. The second-order valence-electron chi connectivity index (χ2n) is 6.59. The molecule has 2 heterocycles. The molecule has 4 rings (SSSR count). The van der Waals surface area contributed by atoms with Crippen molar-refractivity contribution in [1.82, 2.24) is 9.78 Å². The average Bonchev–Trinajstić information content (AvgIpc) is 2.96. The smallest absolute Gasteiger partial charge is 0.150 e. The highest BCUT2D eigenvalue weighted by atomic mass is 16.5. The molecule has 5 heteroatoms. The molecular weight excluding hydrogens is 314 g/mol. The van der Waals surface area contributed by atoms with Crippen molar-refractivity contribution < 1.29 is 9.84 Å². The number of phenolic OH excluding ortho intramolecular Hbond substituents is 1. The van der Waals surface area contributed by atoms with Gasteiger partial charge in [0.15, 0.2) is 6.17 Å². The fourth-order valence-corrected chi connectivity index (χ4v) is 3.61. The summed E-state index contributed by atoms with van der Waals surface area (Å²) < 4.78 is 7.49. The van der Waals surface area contributed by atoms with Gasteiger partial charge in [-0.15, -0.1) is 0 Å². The fourth-order valence-electron chi connectivity index (χ4n) is 3.61. The summed E-state index contributed by atoms with van der Waals surface area (Å²) in [6.07, 6.45) is -0.201. The molecule has 0 spiro atoms. The van der Waals surface area contributed by atoms with Gasteiger partial charge in [0.25, 0.3) is 0 Å². The standard InChI is InChI=1S/C20H21N3O2/c1-11-7-12(2)19-16(8-11)17-9-13(3)22-23(17)20(21-19)15-6-5-14(24)10-18(15)25-4/h5-10,20-21,24H,1-4H3/t20-/m0/s1. The third-order valence-electron chi connectivity index (χ3n) is 4.65. The summed E-state index contributed by atoms with van der Waals surface area (Å²) >= 11 is 0. The first-order chi connectivity index (χ1) is 12.0. The number of methoxy groups -OCH3 is 1. The predicted octanol–water partition coefficient (Wildman–Crippen LogP) is 4.16. The molecule has 1 aliphatic rings. The van der Waals surface area contributed by atoms with E-state index in [4.69, 9.17) is 9.84 Å². The van der Waals surface area contributed by atoms with Gasteiger partial charge >= 0.3 is 0 Å². The number of aryl methyl sites for hydroxylation is 3. The number of nitrogens with one attached hydrogen (secondary N) is 1. The van der Waals surface area contributed by atoms with Crippen LogP contribution in [0.2, 0.25) is 0 Å². The van der Waals surface area contributed by atoms with Crippen molar-refractivity contribution in [3.05, 3.63) is 58.8 Å². The van der Waals surface area contributed by atoms with E-state index in [1.807, 2.05) is 17.7 Å². The van der Waals surface area contributed by atoms with Crippen molar-refractivity contribution in [2.24, 2.45) is 0 Å². The maximum absolute atomic E-state index is 9.78. The van der Waals surface area contributed by atoms with Crippen LogP contribution in [0.5, 0.6) is 11.5 Å². The number of fused-ring (bicyclic) bond motifs is 3. The number of aromatic hydroxyl groups is 1. The van der Waals surface area contributed by atoms with Crippen LogP contribution in [0.15, 0.2) is 36.4 Å². The molecule has 0 bridgehead atoms. The Morgan fingerprint density at radius 3 is 2.68 bits per heavy atom. The van der Waals surface area contributed by atoms with E-state index in [2.05, 4.69) is 37.4 Å². The van der Waals surface area contributed by atoms with E-state index in [1.54, 1.807) is 19.2 Å². The summed E-state index contributed by atoms with van der Waals surface area (Å²) in [6.45, 7) is 6.22. The highest BCUT2D eigenvalue weighted by Crippen LogP contribution is 2.43. The van der Waals surface area contributed by atoms with Gasteiger partial charge in [0.1, 0.15) is 11.5 Å². The molecule has 2 N–H and O–H groups in total. The Morgan fingerprint density at radius 1 is 1.12 bits per heavy atom. The summed E-state index contributed by atoms with van der Waals surface area (Å²) in [5.41, 5.74) is 7.66. The predicted molar refractivity (Wildman–Crippen MR) is 98.3 cm³/mol. The number of rotatable bonds is 2. The Kier molecular flexibility index (Phi) is 3.46. The Hall–Kier alpha value is -2.95. The molecule has 1 aromatic heterocycles. The molecule has 128 valence electrons. The minimum atomic E-state index is -0.201. The van der Waals surface area contributed by atoms with Crippen molar-refractivity contribution >= 4 is 5.69 Å². The Labute approximate surface area is 146 Å². The topological polar surface area (TPSA) is 59.3 Å². The van der Waals surface area contributed by atoms with Gasteiger partial charge in [-0.3, -0.25) is 0 Å². The first-order valence-electron chi connectivity index (χ1n) is 8.29. The van der Waals surface area contributed by atoms with Crippen LogP contribution in [0.25, 0.3) is 11.3 Å². The maximum atomic E-state index is 9.78. The molecule has 1 aliphatic heterocycles. The SMILES string of the molecule is COc1cc(O)ccc1[C@H]1Nc2c(C)cc(C)cc2-c2cc(C)nn21. The van der Waals surface area contributed by atoms with E-state index >= 15 is 0 Å². The number of hydrogen-bond donors (Lipinski definition) is 2. The van der Waals surface area contributed by atoms with E-state index < -0.39 is 0 Å². The van der Waals surface area contributed by atoms with Crippen molar-refractivity contribution in [1.29, 1.82) is 0 Å². The van der Waals surface area contributed by atoms with Crippen molar-refractivity contribution in [3.63, 3.8) is 0 Å². The summed E-state index contributed by atoms with van der Waals surface area (Å²) in [7, 11) is 1.61. The second-order valence-corrected chi connectivity index (χ2v) is 6.59. The lowest BCUT2D eigenvalue weighted by Gasteiger charge is -2.31. The largest absolute Gasteiger partial charge is 0.508 e. The molecule has 0 aliphatic carbocycles. The van der Waals surface area contributed by atoms with Crippen LogP contribution in [-0.2, 0) is 0 Å². The van der Waals surface area contributed by atoms with Gasteiger partial charge in [-0.2, -0.15) is 5.10 Å². The van der Waals surface area contributed by atoms with Crippen LogP contribution < -0.4 is 10.1 Å². The summed E-state index contributed by atoms with van der Waals surface area (Å²) in [5, 5.41) is 18.1. The first-order valence-corrected chi connectivity index (χ1v) is 8.29. The zero-order valence-electron chi connectivity index (χ0n) is 14.8. The maximum Gasteiger partial charge on any atom is 0.150 e. The van der Waals surface area contributed by atoms with E-state index in [9.17, 15) is 5.11 Å².